The monoisotopic (exact) mass is 359 g/mol. The van der Waals surface area contributed by atoms with Crippen molar-refractivity contribution in [2.75, 3.05) is 12.4 Å². The van der Waals surface area contributed by atoms with E-state index in [0.717, 1.165) is 22.2 Å². The normalized spacial score (nSPS) is 10.7. The predicted octanol–water partition coefficient (Wildman–Crippen LogP) is 4.46. The van der Waals surface area contributed by atoms with Crippen LogP contribution in [0.25, 0.3) is 22.2 Å². The van der Waals surface area contributed by atoms with Gasteiger partial charge in [-0.2, -0.15) is 0 Å². The highest BCUT2D eigenvalue weighted by molar-refractivity contribution is 6.07. The Labute approximate surface area is 155 Å². The summed E-state index contributed by atoms with van der Waals surface area (Å²) in [4.78, 5) is 21.3. The van der Waals surface area contributed by atoms with Crippen LogP contribution in [0.2, 0.25) is 0 Å². The Bertz CT molecular complexity index is 1130. The molecule has 1 N–H and O–H groups in total. The number of amides is 1. The summed E-state index contributed by atoms with van der Waals surface area (Å²) in [5.74, 6) is 0.720. The van der Waals surface area contributed by atoms with E-state index in [9.17, 15) is 4.79 Å². The van der Waals surface area contributed by atoms with Crippen molar-refractivity contribution < 1.29 is 13.9 Å². The van der Waals surface area contributed by atoms with Gasteiger partial charge in [0.15, 0.2) is 17.8 Å². The summed E-state index contributed by atoms with van der Waals surface area (Å²) in [6.07, 6.45) is 1.26. The molecule has 0 aliphatic carbocycles. The Balaban J connectivity index is 1.62. The van der Waals surface area contributed by atoms with Gasteiger partial charge in [-0.25, -0.2) is 4.98 Å². The number of fused-ring (bicyclic) bond motifs is 1. The number of nitrogens with one attached hydrogen (secondary N) is 1. The molecule has 1 amide bonds. The number of carbonyl (C=O) groups excluding carboxylic acids is 1. The molecule has 0 saturated heterocycles. The molecule has 134 valence electrons. The van der Waals surface area contributed by atoms with Crippen molar-refractivity contribution in [2.24, 2.45) is 0 Å². The van der Waals surface area contributed by atoms with E-state index in [1.54, 1.807) is 13.2 Å². The number of pyridine rings is 1. The number of hydrogen-bond acceptors (Lipinski definition) is 5. The number of ether oxygens (including phenoxy) is 1. The average molecular weight is 359 g/mol. The number of aryl methyl sites for hydroxylation is 1. The van der Waals surface area contributed by atoms with Crippen LogP contribution >= 0.6 is 0 Å². The largest absolute Gasteiger partial charge is 0.497 e. The quantitative estimate of drug-likeness (QED) is 0.582. The van der Waals surface area contributed by atoms with Gasteiger partial charge >= 0.3 is 0 Å². The molecule has 0 fully saturated rings. The second kappa shape index (κ2) is 6.92. The van der Waals surface area contributed by atoms with E-state index in [-0.39, 0.29) is 11.6 Å². The van der Waals surface area contributed by atoms with Crippen LogP contribution in [0.15, 0.2) is 65.4 Å². The Kier molecular flexibility index (Phi) is 4.30. The van der Waals surface area contributed by atoms with E-state index in [2.05, 4.69) is 15.3 Å². The molecule has 27 heavy (non-hydrogen) atoms. The minimum absolute atomic E-state index is 0.213. The third-order valence-electron chi connectivity index (χ3n) is 4.20. The summed E-state index contributed by atoms with van der Waals surface area (Å²) in [7, 11) is 1.59. The molecular formula is C21H17N3O3. The summed E-state index contributed by atoms with van der Waals surface area (Å²) in [6.45, 7) is 1.94. The van der Waals surface area contributed by atoms with Crippen LogP contribution in [0.1, 0.15) is 16.2 Å². The van der Waals surface area contributed by atoms with E-state index in [1.807, 2.05) is 55.5 Å². The first-order chi connectivity index (χ1) is 13.1. The van der Waals surface area contributed by atoms with Gasteiger partial charge in [0.1, 0.15) is 5.75 Å². The molecule has 6 heteroatoms. The van der Waals surface area contributed by atoms with Gasteiger partial charge in [-0.3, -0.25) is 9.78 Å². The molecule has 0 aliphatic rings. The smallest absolute Gasteiger partial charge is 0.278 e. The fraction of sp³-hybridized carbons (Fsp3) is 0.0952. The van der Waals surface area contributed by atoms with Crippen molar-refractivity contribution >= 4 is 22.5 Å². The lowest BCUT2D eigenvalue weighted by atomic mass is 10.1. The number of carbonyl (C=O) groups is 1. The zero-order valence-electron chi connectivity index (χ0n) is 14.9. The van der Waals surface area contributed by atoms with Gasteiger partial charge in [0.2, 0.25) is 0 Å². The number of anilines is 1. The number of benzene rings is 2. The summed E-state index contributed by atoms with van der Waals surface area (Å²) >= 11 is 0. The molecule has 0 atom stereocenters. The molecule has 2 aromatic carbocycles. The zero-order chi connectivity index (χ0) is 18.8. The van der Waals surface area contributed by atoms with Crippen LogP contribution in [0, 0.1) is 6.92 Å². The van der Waals surface area contributed by atoms with Gasteiger partial charge in [0, 0.05) is 22.3 Å². The van der Waals surface area contributed by atoms with Gasteiger partial charge in [-0.1, -0.05) is 18.2 Å². The number of methoxy groups -OCH3 is 1. The average Bonchev–Trinajstić information content (AvgIpc) is 3.18. The van der Waals surface area contributed by atoms with Crippen molar-refractivity contribution in [1.29, 1.82) is 0 Å². The predicted molar refractivity (Wildman–Crippen MR) is 103 cm³/mol. The van der Waals surface area contributed by atoms with Crippen molar-refractivity contribution in [2.45, 2.75) is 6.92 Å². The Hall–Kier alpha value is -3.67. The molecule has 4 rings (SSSR count). The molecule has 0 unspecified atom stereocenters. The van der Waals surface area contributed by atoms with Gasteiger partial charge in [0.25, 0.3) is 5.91 Å². The third kappa shape index (κ3) is 3.37. The summed E-state index contributed by atoms with van der Waals surface area (Å²) in [5.41, 5.74) is 3.43. The van der Waals surface area contributed by atoms with E-state index in [4.69, 9.17) is 9.15 Å². The molecule has 6 nitrogen and oxygen atoms in total. The van der Waals surface area contributed by atoms with Crippen LogP contribution in [-0.2, 0) is 0 Å². The van der Waals surface area contributed by atoms with E-state index in [0.29, 0.717) is 17.2 Å². The molecular weight excluding hydrogens is 342 g/mol. The highest BCUT2D eigenvalue weighted by Gasteiger charge is 2.19. The lowest BCUT2D eigenvalue weighted by Gasteiger charge is -2.07. The number of nitrogens with zero attached hydrogens (tertiary/aromatic N) is 2. The molecule has 0 bridgehead atoms. The van der Waals surface area contributed by atoms with Crippen molar-refractivity contribution in [1.82, 2.24) is 9.97 Å². The van der Waals surface area contributed by atoms with E-state index in [1.165, 1.54) is 6.39 Å². The SMILES string of the molecule is COc1cccc(-c2ocnc2C(=O)Nc2ccc3nc(C)ccc3c2)c1. The first-order valence-corrected chi connectivity index (χ1v) is 8.41. The maximum atomic E-state index is 12.7. The molecule has 0 aliphatic heterocycles. The minimum Gasteiger partial charge on any atom is -0.497 e. The molecule has 2 aromatic heterocycles. The second-order valence-electron chi connectivity index (χ2n) is 6.08. The summed E-state index contributed by atoms with van der Waals surface area (Å²) in [5, 5.41) is 3.82. The van der Waals surface area contributed by atoms with Crippen LogP contribution in [-0.4, -0.2) is 23.0 Å². The lowest BCUT2D eigenvalue weighted by molar-refractivity contribution is 0.102. The fourth-order valence-corrected chi connectivity index (χ4v) is 2.87. The highest BCUT2D eigenvalue weighted by Crippen LogP contribution is 2.27. The van der Waals surface area contributed by atoms with Crippen LogP contribution in [0.3, 0.4) is 0 Å². The van der Waals surface area contributed by atoms with Crippen LogP contribution in [0.4, 0.5) is 5.69 Å². The van der Waals surface area contributed by atoms with Gasteiger partial charge < -0.3 is 14.5 Å². The number of rotatable bonds is 4. The first-order valence-electron chi connectivity index (χ1n) is 8.41. The maximum absolute atomic E-state index is 12.7. The van der Waals surface area contributed by atoms with Crippen molar-refractivity contribution in [3.63, 3.8) is 0 Å². The Morgan fingerprint density at radius 1 is 1.11 bits per heavy atom. The lowest BCUT2D eigenvalue weighted by Crippen LogP contribution is -2.13. The minimum atomic E-state index is -0.346. The van der Waals surface area contributed by atoms with E-state index >= 15 is 0 Å². The molecule has 2 heterocycles. The first kappa shape index (κ1) is 16.8. The standard InChI is InChI=1S/C21H17N3O3/c1-13-6-7-14-10-16(8-9-18(14)23-13)24-21(25)19-20(27-12-22-19)15-4-3-5-17(11-15)26-2/h3-12H,1-2H3,(H,24,25). The fourth-order valence-electron chi connectivity index (χ4n) is 2.87. The second-order valence-corrected chi connectivity index (χ2v) is 6.08. The van der Waals surface area contributed by atoms with Crippen molar-refractivity contribution in [3.05, 3.63) is 72.4 Å². The molecule has 0 radical (unpaired) electrons. The number of oxazole rings is 1. The summed E-state index contributed by atoms with van der Waals surface area (Å²) < 4.78 is 10.7. The van der Waals surface area contributed by atoms with Crippen LogP contribution < -0.4 is 10.1 Å². The molecule has 0 spiro atoms. The van der Waals surface area contributed by atoms with Gasteiger partial charge in [-0.15, -0.1) is 0 Å². The van der Waals surface area contributed by atoms with E-state index < -0.39 is 0 Å². The third-order valence-corrected chi connectivity index (χ3v) is 4.20. The van der Waals surface area contributed by atoms with Crippen LogP contribution in [0.5, 0.6) is 5.75 Å². The summed E-state index contributed by atoms with van der Waals surface area (Å²) in [6, 6.07) is 16.8. The number of aromatic nitrogens is 2. The topological polar surface area (TPSA) is 77.2 Å². The zero-order valence-corrected chi connectivity index (χ0v) is 14.9. The molecule has 4 aromatic rings. The van der Waals surface area contributed by atoms with Gasteiger partial charge in [0.05, 0.1) is 12.6 Å². The highest BCUT2D eigenvalue weighted by atomic mass is 16.5. The Morgan fingerprint density at radius 2 is 2.00 bits per heavy atom. The van der Waals surface area contributed by atoms with Gasteiger partial charge in [-0.05, 0) is 43.3 Å². The molecule has 0 saturated carbocycles. The Morgan fingerprint density at radius 3 is 2.85 bits per heavy atom. The maximum Gasteiger partial charge on any atom is 0.278 e. The number of hydrogen-bond donors (Lipinski definition) is 1. The van der Waals surface area contributed by atoms with Crippen molar-refractivity contribution in [3.8, 4) is 17.1 Å².